The van der Waals surface area contributed by atoms with Gasteiger partial charge in [0, 0.05) is 11.0 Å². The van der Waals surface area contributed by atoms with Crippen LogP contribution in [0.4, 0.5) is 0 Å². The highest BCUT2D eigenvalue weighted by Crippen LogP contribution is 2.92. The Hall–Kier alpha value is -0.530. The van der Waals surface area contributed by atoms with Crippen LogP contribution >= 0.6 is 0 Å². The predicted molar refractivity (Wildman–Crippen MR) is 59.2 cm³/mol. The summed E-state index contributed by atoms with van der Waals surface area (Å²) in [6, 6.07) is 0. The van der Waals surface area contributed by atoms with Crippen LogP contribution in [-0.4, -0.2) is 11.4 Å². The van der Waals surface area contributed by atoms with Gasteiger partial charge in [0.1, 0.15) is 0 Å². The van der Waals surface area contributed by atoms with Crippen molar-refractivity contribution < 1.29 is 4.79 Å². The van der Waals surface area contributed by atoms with E-state index in [0.29, 0.717) is 11.8 Å². The molecule has 3 fully saturated rings. The van der Waals surface area contributed by atoms with Crippen LogP contribution in [0.25, 0.3) is 0 Å². The smallest absolute Gasteiger partial charge is 0.227 e. The Balaban J connectivity index is 2.29. The molecule has 2 saturated carbocycles. The zero-order valence-electron chi connectivity index (χ0n) is 10.6. The van der Waals surface area contributed by atoms with Gasteiger partial charge in [-0.2, -0.15) is 0 Å². The topological polar surface area (TPSA) is 29.1 Å². The molecule has 3 rings (SSSR count). The van der Waals surface area contributed by atoms with E-state index >= 15 is 0 Å². The van der Waals surface area contributed by atoms with Crippen LogP contribution < -0.4 is 5.32 Å². The standard InChI is InChI=1S/C13H21NO/c1-7-8(2)12(5)13(6)10(7,3)11(13,4)9(15)14-12/h7-8H,1-6H3,(H,14,15)/t7-,8+,10-,11+,12-,13+/m0/s1. The molecule has 15 heavy (non-hydrogen) atoms. The second kappa shape index (κ2) is 1.87. The highest BCUT2D eigenvalue weighted by Gasteiger charge is 2.97. The van der Waals surface area contributed by atoms with Gasteiger partial charge in [-0.1, -0.05) is 27.7 Å². The molecule has 0 aromatic rings. The van der Waals surface area contributed by atoms with E-state index in [-0.39, 0.29) is 27.7 Å². The van der Waals surface area contributed by atoms with Gasteiger partial charge in [0.15, 0.2) is 0 Å². The molecule has 2 heteroatoms. The molecule has 0 aromatic heterocycles. The maximum absolute atomic E-state index is 12.2. The molecule has 1 saturated heterocycles. The van der Waals surface area contributed by atoms with Gasteiger partial charge in [-0.3, -0.25) is 4.79 Å². The fraction of sp³-hybridized carbons (Fsp3) is 0.923. The zero-order valence-corrected chi connectivity index (χ0v) is 10.6. The number of hydrogen-bond donors (Lipinski definition) is 1. The van der Waals surface area contributed by atoms with Crippen LogP contribution in [0.2, 0.25) is 0 Å². The Bertz CT molecular complexity index is 386. The number of nitrogens with one attached hydrogen (secondary N) is 1. The van der Waals surface area contributed by atoms with Crippen molar-refractivity contribution in [1.29, 1.82) is 0 Å². The van der Waals surface area contributed by atoms with E-state index in [1.807, 2.05) is 0 Å². The summed E-state index contributed by atoms with van der Waals surface area (Å²) < 4.78 is 0. The average Bonchev–Trinajstić information content (AvgIpc) is 2.48. The van der Waals surface area contributed by atoms with Crippen molar-refractivity contribution in [2.75, 3.05) is 0 Å². The van der Waals surface area contributed by atoms with E-state index in [4.69, 9.17) is 0 Å². The molecule has 0 unspecified atom stereocenters. The minimum Gasteiger partial charge on any atom is -0.350 e. The highest BCUT2D eigenvalue weighted by molar-refractivity contribution is 5.95. The Morgan fingerprint density at radius 1 is 1.07 bits per heavy atom. The first-order valence-electron chi connectivity index (χ1n) is 6.02. The summed E-state index contributed by atoms with van der Waals surface area (Å²) in [6.45, 7) is 13.6. The summed E-state index contributed by atoms with van der Waals surface area (Å²) in [5.74, 6) is 1.48. The monoisotopic (exact) mass is 207 g/mol. The number of amides is 1. The van der Waals surface area contributed by atoms with Crippen LogP contribution in [0.3, 0.4) is 0 Å². The van der Waals surface area contributed by atoms with Crippen LogP contribution in [0.15, 0.2) is 0 Å². The molecule has 6 atom stereocenters. The third-order valence-corrected chi connectivity index (χ3v) is 7.45. The summed E-state index contributed by atoms with van der Waals surface area (Å²) in [6.07, 6.45) is 0. The predicted octanol–water partition coefficient (Wildman–Crippen LogP) is 2.19. The van der Waals surface area contributed by atoms with Crippen molar-refractivity contribution in [1.82, 2.24) is 5.32 Å². The third-order valence-electron chi connectivity index (χ3n) is 7.45. The molecule has 0 bridgehead atoms. The Morgan fingerprint density at radius 3 is 2.00 bits per heavy atom. The maximum atomic E-state index is 12.2. The van der Waals surface area contributed by atoms with Gasteiger partial charge in [-0.25, -0.2) is 0 Å². The van der Waals surface area contributed by atoms with Crippen molar-refractivity contribution in [3.8, 4) is 0 Å². The molecule has 0 aromatic carbocycles. The third kappa shape index (κ3) is 0.485. The minimum atomic E-state index is -0.124. The molecule has 1 N–H and O–H groups in total. The number of hydrogen-bond acceptors (Lipinski definition) is 1. The lowest BCUT2D eigenvalue weighted by Crippen LogP contribution is -2.49. The molecule has 1 heterocycles. The number of piperidine rings is 1. The number of rotatable bonds is 0. The Morgan fingerprint density at radius 2 is 1.60 bits per heavy atom. The number of carbonyl (C=O) groups excluding carboxylic acids is 1. The molecule has 2 nitrogen and oxygen atoms in total. The molecular formula is C13H21NO. The van der Waals surface area contributed by atoms with Crippen molar-refractivity contribution in [3.05, 3.63) is 0 Å². The van der Waals surface area contributed by atoms with Crippen LogP contribution in [0, 0.1) is 28.1 Å². The molecule has 0 spiro atoms. The fourth-order valence-electron chi connectivity index (χ4n) is 5.65. The highest BCUT2D eigenvalue weighted by atomic mass is 16.2. The summed E-state index contributed by atoms with van der Waals surface area (Å²) in [4.78, 5) is 12.2. The molecule has 0 radical (unpaired) electrons. The second-order valence-electron chi connectivity index (χ2n) is 6.69. The fourth-order valence-corrected chi connectivity index (χ4v) is 5.65. The molecule has 1 amide bonds. The lowest BCUT2D eigenvalue weighted by Gasteiger charge is -2.35. The van der Waals surface area contributed by atoms with Crippen LogP contribution in [-0.2, 0) is 4.79 Å². The van der Waals surface area contributed by atoms with E-state index in [1.54, 1.807) is 0 Å². The van der Waals surface area contributed by atoms with Crippen molar-refractivity contribution in [2.45, 2.75) is 47.1 Å². The van der Waals surface area contributed by atoms with E-state index in [9.17, 15) is 4.79 Å². The molecular weight excluding hydrogens is 186 g/mol. The SMILES string of the molecule is C[C@@H]1[C@H](C)[C@@]2(C)[C@@]3(C)C(=O)N[C@]1(C)[C@@]32C. The second-order valence-corrected chi connectivity index (χ2v) is 6.69. The molecule has 1 aliphatic heterocycles. The van der Waals surface area contributed by atoms with Gasteiger partial charge in [-0.15, -0.1) is 0 Å². The Kier molecular flexibility index (Phi) is 1.21. The number of fused-ring (bicyclic) bond motifs is 1. The van der Waals surface area contributed by atoms with Gasteiger partial charge in [0.2, 0.25) is 5.91 Å². The zero-order chi connectivity index (χ0) is 11.4. The summed E-state index contributed by atoms with van der Waals surface area (Å²) in [5, 5.41) is 3.27. The van der Waals surface area contributed by atoms with Crippen LogP contribution in [0.5, 0.6) is 0 Å². The lowest BCUT2D eigenvalue weighted by molar-refractivity contribution is -0.126. The minimum absolute atomic E-state index is 0.00694. The molecule has 3 aliphatic rings. The first kappa shape index (κ1) is 9.68. The van der Waals surface area contributed by atoms with Crippen molar-refractivity contribution in [3.63, 3.8) is 0 Å². The van der Waals surface area contributed by atoms with Crippen LogP contribution in [0.1, 0.15) is 41.5 Å². The lowest BCUT2D eigenvalue weighted by atomic mass is 9.73. The number of carbonyl (C=O) groups is 1. The molecule has 84 valence electrons. The molecule has 2 aliphatic carbocycles. The Labute approximate surface area is 91.8 Å². The van der Waals surface area contributed by atoms with Gasteiger partial charge in [0.25, 0.3) is 0 Å². The van der Waals surface area contributed by atoms with E-state index in [0.717, 1.165) is 0 Å². The first-order valence-corrected chi connectivity index (χ1v) is 6.02. The van der Waals surface area contributed by atoms with E-state index in [2.05, 4.69) is 46.9 Å². The van der Waals surface area contributed by atoms with Crippen molar-refractivity contribution in [2.24, 2.45) is 28.1 Å². The van der Waals surface area contributed by atoms with Gasteiger partial charge in [-0.05, 0) is 31.1 Å². The van der Waals surface area contributed by atoms with Gasteiger partial charge < -0.3 is 5.32 Å². The quantitative estimate of drug-likeness (QED) is 0.648. The summed E-state index contributed by atoms with van der Waals surface area (Å²) >= 11 is 0. The van der Waals surface area contributed by atoms with Gasteiger partial charge in [0.05, 0.1) is 5.41 Å². The van der Waals surface area contributed by atoms with E-state index in [1.165, 1.54) is 0 Å². The normalized spacial score (nSPS) is 70.4. The van der Waals surface area contributed by atoms with Gasteiger partial charge >= 0.3 is 0 Å². The summed E-state index contributed by atoms with van der Waals surface area (Å²) in [7, 11) is 0. The average molecular weight is 207 g/mol. The first-order chi connectivity index (χ1) is 6.69. The van der Waals surface area contributed by atoms with E-state index < -0.39 is 0 Å². The summed E-state index contributed by atoms with van der Waals surface area (Å²) in [5.41, 5.74) is 0.243. The largest absolute Gasteiger partial charge is 0.350 e. The van der Waals surface area contributed by atoms with Crippen molar-refractivity contribution >= 4 is 5.91 Å². The maximum Gasteiger partial charge on any atom is 0.227 e.